The van der Waals surface area contributed by atoms with E-state index >= 15 is 0 Å². The lowest BCUT2D eigenvalue weighted by Gasteiger charge is -2.16. The second-order valence-corrected chi connectivity index (χ2v) is 4.97. The van der Waals surface area contributed by atoms with E-state index in [0.29, 0.717) is 5.56 Å². The molecular weight excluding hydrogens is 215 g/mol. The molecule has 1 nitrogen and oxygen atoms in total. The van der Waals surface area contributed by atoms with Crippen LogP contribution < -0.4 is 0 Å². The molecule has 0 fully saturated rings. The average Bonchev–Trinajstić information content (AvgIpc) is 2.11. The fraction of sp³-hybridized carbons (Fsp3) is 0.417. The minimum atomic E-state index is -0.489. The first-order valence-electron chi connectivity index (χ1n) is 4.78. The maximum Gasteiger partial charge on any atom is 0.145 e. The number of carbonyl (C=O) groups excluding carboxylic acids is 1. The standard InChI is InChI=1S/C12H14ClFO/c1-12(2,3)10(15)7-8-5-4-6-9(13)11(8)14/h4-6H,7H2,1-3H3. The highest BCUT2D eigenvalue weighted by atomic mass is 35.5. The van der Waals surface area contributed by atoms with Crippen molar-refractivity contribution < 1.29 is 9.18 Å². The fourth-order valence-electron chi connectivity index (χ4n) is 1.12. The highest BCUT2D eigenvalue weighted by molar-refractivity contribution is 6.30. The molecule has 0 amide bonds. The van der Waals surface area contributed by atoms with Crippen molar-refractivity contribution in [2.45, 2.75) is 27.2 Å². The fourth-order valence-corrected chi connectivity index (χ4v) is 1.32. The van der Waals surface area contributed by atoms with Crippen molar-refractivity contribution in [3.8, 4) is 0 Å². The SMILES string of the molecule is CC(C)(C)C(=O)Cc1cccc(Cl)c1F. The zero-order valence-electron chi connectivity index (χ0n) is 9.10. The molecule has 1 aromatic carbocycles. The number of rotatable bonds is 2. The summed E-state index contributed by atoms with van der Waals surface area (Å²) in [4.78, 5) is 11.7. The highest BCUT2D eigenvalue weighted by Crippen LogP contribution is 2.22. The second-order valence-electron chi connectivity index (χ2n) is 4.56. The number of halogens is 2. The van der Waals surface area contributed by atoms with Gasteiger partial charge in [-0.25, -0.2) is 4.39 Å². The van der Waals surface area contributed by atoms with E-state index in [4.69, 9.17) is 11.6 Å². The Bertz CT molecular complexity index is 380. The van der Waals surface area contributed by atoms with E-state index in [-0.39, 0.29) is 17.2 Å². The smallest absolute Gasteiger partial charge is 0.145 e. The number of hydrogen-bond donors (Lipinski definition) is 0. The van der Waals surface area contributed by atoms with Crippen LogP contribution in [0.5, 0.6) is 0 Å². The van der Waals surface area contributed by atoms with Gasteiger partial charge in [0.15, 0.2) is 0 Å². The number of Topliss-reactive ketones (excluding diaryl/α,β-unsaturated/α-hetero) is 1. The van der Waals surface area contributed by atoms with Gasteiger partial charge in [-0.3, -0.25) is 4.79 Å². The first kappa shape index (κ1) is 12.2. The maximum atomic E-state index is 13.5. The van der Waals surface area contributed by atoms with Crippen molar-refractivity contribution in [3.05, 3.63) is 34.6 Å². The molecule has 0 N–H and O–H groups in total. The summed E-state index contributed by atoms with van der Waals surface area (Å²) in [5.74, 6) is -0.486. The van der Waals surface area contributed by atoms with Crippen LogP contribution in [0.2, 0.25) is 5.02 Å². The zero-order chi connectivity index (χ0) is 11.6. The Morgan fingerprint density at radius 1 is 1.40 bits per heavy atom. The van der Waals surface area contributed by atoms with Crippen LogP contribution in [-0.2, 0) is 11.2 Å². The van der Waals surface area contributed by atoms with Gasteiger partial charge in [0.25, 0.3) is 0 Å². The van der Waals surface area contributed by atoms with Gasteiger partial charge in [-0.05, 0) is 11.6 Å². The van der Waals surface area contributed by atoms with Gasteiger partial charge < -0.3 is 0 Å². The van der Waals surface area contributed by atoms with Gasteiger partial charge in [0.2, 0.25) is 0 Å². The van der Waals surface area contributed by atoms with Gasteiger partial charge in [-0.1, -0.05) is 44.5 Å². The molecule has 3 heteroatoms. The molecule has 0 aliphatic heterocycles. The van der Waals surface area contributed by atoms with Gasteiger partial charge in [0.1, 0.15) is 11.6 Å². The van der Waals surface area contributed by atoms with E-state index in [1.807, 2.05) is 20.8 Å². The third-order valence-corrected chi connectivity index (χ3v) is 2.51. The van der Waals surface area contributed by atoms with Gasteiger partial charge in [-0.15, -0.1) is 0 Å². The minimum absolute atomic E-state index is 0.00340. The molecule has 0 unspecified atom stereocenters. The molecule has 1 aromatic rings. The number of hydrogen-bond acceptors (Lipinski definition) is 1. The van der Waals surface area contributed by atoms with Gasteiger partial charge >= 0.3 is 0 Å². The molecule has 0 saturated carbocycles. The molecule has 0 heterocycles. The largest absolute Gasteiger partial charge is 0.299 e. The van der Waals surface area contributed by atoms with Crippen LogP contribution in [0, 0.1) is 11.2 Å². The third-order valence-electron chi connectivity index (χ3n) is 2.22. The Morgan fingerprint density at radius 2 is 2.00 bits per heavy atom. The Balaban J connectivity index is 2.91. The molecule has 82 valence electrons. The Hall–Kier alpha value is -0.890. The van der Waals surface area contributed by atoms with Crippen molar-refractivity contribution in [1.29, 1.82) is 0 Å². The van der Waals surface area contributed by atoms with E-state index in [1.165, 1.54) is 6.07 Å². The maximum absolute atomic E-state index is 13.5. The molecule has 0 radical (unpaired) electrons. The number of benzene rings is 1. The van der Waals surface area contributed by atoms with Crippen LogP contribution >= 0.6 is 11.6 Å². The zero-order valence-corrected chi connectivity index (χ0v) is 9.86. The first-order chi connectivity index (χ1) is 6.82. The summed E-state index contributed by atoms with van der Waals surface area (Å²) in [6.07, 6.45) is 0.0931. The summed E-state index contributed by atoms with van der Waals surface area (Å²) in [6.45, 7) is 5.45. The van der Waals surface area contributed by atoms with Crippen LogP contribution in [0.25, 0.3) is 0 Å². The van der Waals surface area contributed by atoms with Crippen LogP contribution in [0.4, 0.5) is 4.39 Å². The lowest BCUT2D eigenvalue weighted by Crippen LogP contribution is -2.22. The van der Waals surface area contributed by atoms with Crippen LogP contribution in [0.15, 0.2) is 18.2 Å². The second kappa shape index (κ2) is 4.31. The summed E-state index contributed by atoms with van der Waals surface area (Å²) in [5, 5.41) is 0.0641. The molecule has 0 spiro atoms. The lowest BCUT2D eigenvalue weighted by atomic mass is 9.87. The van der Waals surface area contributed by atoms with Crippen LogP contribution in [0.1, 0.15) is 26.3 Å². The summed E-state index contributed by atoms with van der Waals surface area (Å²) >= 11 is 5.63. The molecule has 0 atom stereocenters. The van der Waals surface area contributed by atoms with Crippen LogP contribution in [0.3, 0.4) is 0 Å². The Labute approximate surface area is 94.3 Å². The topological polar surface area (TPSA) is 17.1 Å². The minimum Gasteiger partial charge on any atom is -0.299 e. The lowest BCUT2D eigenvalue weighted by molar-refractivity contribution is -0.125. The van der Waals surface area contributed by atoms with Crippen molar-refractivity contribution >= 4 is 17.4 Å². The van der Waals surface area contributed by atoms with Gasteiger partial charge in [0, 0.05) is 11.8 Å². The molecule has 0 saturated heterocycles. The molecule has 1 rings (SSSR count). The Kier molecular flexibility index (Phi) is 3.50. The molecule has 0 bridgehead atoms. The Morgan fingerprint density at radius 3 is 2.53 bits per heavy atom. The molecule has 0 aliphatic carbocycles. The predicted octanol–water partition coefficient (Wildman–Crippen LogP) is 3.64. The normalized spacial score (nSPS) is 11.5. The summed E-state index contributed by atoms with van der Waals surface area (Å²) in [5.41, 5.74) is -0.0863. The van der Waals surface area contributed by atoms with Crippen molar-refractivity contribution in [3.63, 3.8) is 0 Å². The van der Waals surface area contributed by atoms with E-state index in [9.17, 15) is 9.18 Å². The van der Waals surface area contributed by atoms with E-state index in [1.54, 1.807) is 12.1 Å². The third kappa shape index (κ3) is 3.03. The van der Waals surface area contributed by atoms with Crippen LogP contribution in [-0.4, -0.2) is 5.78 Å². The molecule has 0 aliphatic rings. The average molecular weight is 229 g/mol. The number of carbonyl (C=O) groups is 1. The van der Waals surface area contributed by atoms with E-state index in [2.05, 4.69) is 0 Å². The quantitative estimate of drug-likeness (QED) is 0.756. The summed E-state index contributed by atoms with van der Waals surface area (Å²) in [7, 11) is 0. The predicted molar refractivity (Wildman–Crippen MR) is 59.6 cm³/mol. The van der Waals surface area contributed by atoms with E-state index in [0.717, 1.165) is 0 Å². The van der Waals surface area contributed by atoms with Crippen molar-refractivity contribution in [2.75, 3.05) is 0 Å². The molecular formula is C12H14ClFO. The monoisotopic (exact) mass is 228 g/mol. The number of ketones is 1. The molecule has 15 heavy (non-hydrogen) atoms. The van der Waals surface area contributed by atoms with Gasteiger partial charge in [-0.2, -0.15) is 0 Å². The van der Waals surface area contributed by atoms with Gasteiger partial charge in [0.05, 0.1) is 5.02 Å². The molecule has 0 aromatic heterocycles. The van der Waals surface area contributed by atoms with Crippen molar-refractivity contribution in [1.82, 2.24) is 0 Å². The van der Waals surface area contributed by atoms with E-state index < -0.39 is 11.2 Å². The van der Waals surface area contributed by atoms with Crippen molar-refractivity contribution in [2.24, 2.45) is 5.41 Å². The summed E-state index contributed by atoms with van der Waals surface area (Å²) < 4.78 is 13.5. The summed E-state index contributed by atoms with van der Waals surface area (Å²) in [6, 6.07) is 4.71. The highest BCUT2D eigenvalue weighted by Gasteiger charge is 2.22. The first-order valence-corrected chi connectivity index (χ1v) is 5.16.